The number of rotatable bonds is 3. The van der Waals surface area contributed by atoms with Crippen LogP contribution in [0.2, 0.25) is 5.02 Å². The molecule has 0 saturated heterocycles. The van der Waals surface area contributed by atoms with Crippen molar-refractivity contribution in [3.05, 3.63) is 29.3 Å². The minimum Gasteiger partial charge on any atom is -0.326 e. The van der Waals surface area contributed by atoms with Gasteiger partial charge >= 0.3 is 0 Å². The Balaban J connectivity index is 2.59. The molecular weight excluding hydrogens is 212 g/mol. The minimum absolute atomic E-state index is 0.107. The highest BCUT2D eigenvalue weighted by Gasteiger charge is 2.16. The van der Waals surface area contributed by atoms with E-state index in [0.717, 1.165) is 0 Å². The van der Waals surface area contributed by atoms with Gasteiger partial charge in [-0.05, 0) is 32.0 Å². The van der Waals surface area contributed by atoms with Gasteiger partial charge in [0.05, 0.1) is 0 Å². The summed E-state index contributed by atoms with van der Waals surface area (Å²) in [6, 6.07) is 7.02. The van der Waals surface area contributed by atoms with Gasteiger partial charge in [-0.2, -0.15) is 0 Å². The number of hydrogen-bond donors (Lipinski definition) is 2. The fourth-order valence-electron chi connectivity index (χ4n) is 1.19. The summed E-state index contributed by atoms with van der Waals surface area (Å²) in [5.41, 5.74) is 5.93. The van der Waals surface area contributed by atoms with Crippen LogP contribution in [0.25, 0.3) is 0 Å². The number of amides is 1. The highest BCUT2D eigenvalue weighted by atomic mass is 35.5. The van der Waals surface area contributed by atoms with Gasteiger partial charge in [-0.3, -0.25) is 4.79 Å². The van der Waals surface area contributed by atoms with Crippen LogP contribution in [0.4, 0.5) is 5.69 Å². The molecule has 0 aliphatic rings. The van der Waals surface area contributed by atoms with Crippen molar-refractivity contribution in [2.24, 2.45) is 5.73 Å². The summed E-state index contributed by atoms with van der Waals surface area (Å²) in [5, 5.41) is 3.33. The predicted octanol–water partition coefficient (Wildman–Crippen LogP) is 2.41. The molecule has 0 unspecified atom stereocenters. The molecule has 15 heavy (non-hydrogen) atoms. The fourth-order valence-corrected chi connectivity index (χ4v) is 1.38. The van der Waals surface area contributed by atoms with E-state index in [2.05, 4.69) is 5.32 Å². The van der Waals surface area contributed by atoms with Gasteiger partial charge in [0.15, 0.2) is 0 Å². The monoisotopic (exact) mass is 226 g/mol. The number of nitrogens with one attached hydrogen (secondary N) is 1. The maximum absolute atomic E-state index is 11.5. The number of carbonyl (C=O) groups excluding carboxylic acids is 1. The van der Waals surface area contributed by atoms with Gasteiger partial charge in [-0.15, -0.1) is 0 Å². The van der Waals surface area contributed by atoms with E-state index >= 15 is 0 Å². The molecule has 0 bridgehead atoms. The van der Waals surface area contributed by atoms with E-state index in [1.807, 2.05) is 13.8 Å². The Hall–Kier alpha value is -1.06. The summed E-state index contributed by atoms with van der Waals surface area (Å²) in [5.74, 6) is -0.107. The van der Waals surface area contributed by atoms with Crippen LogP contribution in [0.3, 0.4) is 0 Å². The van der Waals surface area contributed by atoms with Crippen molar-refractivity contribution < 1.29 is 4.79 Å². The zero-order chi connectivity index (χ0) is 11.5. The zero-order valence-corrected chi connectivity index (χ0v) is 9.64. The van der Waals surface area contributed by atoms with Gasteiger partial charge in [0.2, 0.25) is 5.91 Å². The standard InChI is InChI=1S/C11H15ClN2O/c1-11(2,13)7-10(15)14-9-5-3-4-8(12)6-9/h3-6H,7,13H2,1-2H3,(H,14,15). The summed E-state index contributed by atoms with van der Waals surface area (Å²) >= 11 is 5.79. The third-order valence-electron chi connectivity index (χ3n) is 1.72. The first-order valence-electron chi connectivity index (χ1n) is 4.71. The molecule has 0 aromatic heterocycles. The Morgan fingerprint density at radius 3 is 2.73 bits per heavy atom. The van der Waals surface area contributed by atoms with Crippen molar-refractivity contribution in [3.8, 4) is 0 Å². The smallest absolute Gasteiger partial charge is 0.226 e. The summed E-state index contributed by atoms with van der Waals surface area (Å²) in [6.45, 7) is 3.62. The molecule has 0 radical (unpaired) electrons. The lowest BCUT2D eigenvalue weighted by molar-refractivity contribution is -0.117. The molecule has 1 rings (SSSR count). The average Bonchev–Trinajstić information content (AvgIpc) is 1.99. The van der Waals surface area contributed by atoms with Gasteiger partial charge < -0.3 is 11.1 Å². The maximum atomic E-state index is 11.5. The molecule has 0 atom stereocenters. The predicted molar refractivity (Wildman–Crippen MR) is 63.0 cm³/mol. The third kappa shape index (κ3) is 4.81. The van der Waals surface area contributed by atoms with Crippen LogP contribution in [0.5, 0.6) is 0 Å². The van der Waals surface area contributed by atoms with Crippen molar-refractivity contribution in [1.82, 2.24) is 0 Å². The molecule has 1 aromatic rings. The lowest BCUT2D eigenvalue weighted by atomic mass is 10.0. The molecule has 3 N–H and O–H groups in total. The lowest BCUT2D eigenvalue weighted by Gasteiger charge is -2.17. The molecule has 0 fully saturated rings. The fraction of sp³-hybridized carbons (Fsp3) is 0.364. The van der Waals surface area contributed by atoms with Gasteiger partial charge in [0.1, 0.15) is 0 Å². The van der Waals surface area contributed by atoms with E-state index in [4.69, 9.17) is 17.3 Å². The Morgan fingerprint density at radius 2 is 2.20 bits per heavy atom. The first-order valence-corrected chi connectivity index (χ1v) is 5.09. The van der Waals surface area contributed by atoms with E-state index < -0.39 is 5.54 Å². The quantitative estimate of drug-likeness (QED) is 0.832. The largest absolute Gasteiger partial charge is 0.326 e. The number of carbonyl (C=O) groups is 1. The van der Waals surface area contributed by atoms with Gasteiger partial charge in [-0.25, -0.2) is 0 Å². The van der Waals surface area contributed by atoms with E-state index in [0.29, 0.717) is 10.7 Å². The van der Waals surface area contributed by atoms with Crippen LogP contribution in [-0.4, -0.2) is 11.4 Å². The molecule has 1 amide bonds. The summed E-state index contributed by atoms with van der Waals surface area (Å²) < 4.78 is 0. The first kappa shape index (κ1) is 12.0. The van der Waals surface area contributed by atoms with Crippen molar-refractivity contribution in [2.75, 3.05) is 5.32 Å². The van der Waals surface area contributed by atoms with Gasteiger partial charge in [0, 0.05) is 22.7 Å². The van der Waals surface area contributed by atoms with Crippen LogP contribution in [0.1, 0.15) is 20.3 Å². The number of benzene rings is 1. The van der Waals surface area contributed by atoms with Crippen LogP contribution in [0, 0.1) is 0 Å². The van der Waals surface area contributed by atoms with Crippen LogP contribution in [0.15, 0.2) is 24.3 Å². The van der Waals surface area contributed by atoms with Crippen molar-refractivity contribution in [3.63, 3.8) is 0 Å². The number of halogens is 1. The molecule has 4 heteroatoms. The molecule has 0 heterocycles. The summed E-state index contributed by atoms with van der Waals surface area (Å²) in [6.07, 6.45) is 0.277. The molecule has 0 aliphatic carbocycles. The SMILES string of the molecule is CC(C)(N)CC(=O)Nc1cccc(Cl)c1. The second-order valence-electron chi connectivity index (χ2n) is 4.22. The maximum Gasteiger partial charge on any atom is 0.226 e. The second-order valence-corrected chi connectivity index (χ2v) is 4.66. The average molecular weight is 227 g/mol. The zero-order valence-electron chi connectivity index (χ0n) is 8.88. The Kier molecular flexibility index (Phi) is 3.72. The van der Waals surface area contributed by atoms with Crippen molar-refractivity contribution in [1.29, 1.82) is 0 Å². The van der Waals surface area contributed by atoms with E-state index in [-0.39, 0.29) is 12.3 Å². The number of hydrogen-bond acceptors (Lipinski definition) is 2. The van der Waals surface area contributed by atoms with Crippen LogP contribution < -0.4 is 11.1 Å². The summed E-state index contributed by atoms with van der Waals surface area (Å²) in [7, 11) is 0. The van der Waals surface area contributed by atoms with E-state index in [1.54, 1.807) is 24.3 Å². The molecule has 0 saturated carbocycles. The molecule has 82 valence electrons. The topological polar surface area (TPSA) is 55.1 Å². The third-order valence-corrected chi connectivity index (χ3v) is 1.96. The highest BCUT2D eigenvalue weighted by molar-refractivity contribution is 6.30. The molecular formula is C11H15ClN2O. The van der Waals surface area contributed by atoms with Crippen LogP contribution >= 0.6 is 11.6 Å². The van der Waals surface area contributed by atoms with Crippen LogP contribution in [-0.2, 0) is 4.79 Å². The van der Waals surface area contributed by atoms with E-state index in [9.17, 15) is 4.79 Å². The second kappa shape index (κ2) is 4.64. The van der Waals surface area contributed by atoms with Crippen molar-refractivity contribution >= 4 is 23.2 Å². The number of anilines is 1. The molecule has 1 aromatic carbocycles. The van der Waals surface area contributed by atoms with Crippen molar-refractivity contribution in [2.45, 2.75) is 25.8 Å². The number of nitrogens with two attached hydrogens (primary N) is 1. The molecule has 3 nitrogen and oxygen atoms in total. The Labute approximate surface area is 94.6 Å². The Bertz CT molecular complexity index is 358. The molecule has 0 spiro atoms. The normalized spacial score (nSPS) is 11.2. The highest BCUT2D eigenvalue weighted by Crippen LogP contribution is 2.15. The molecule has 0 aliphatic heterocycles. The van der Waals surface area contributed by atoms with Gasteiger partial charge in [-0.1, -0.05) is 17.7 Å². The first-order chi connectivity index (χ1) is 6.87. The Morgan fingerprint density at radius 1 is 1.53 bits per heavy atom. The van der Waals surface area contributed by atoms with Gasteiger partial charge in [0.25, 0.3) is 0 Å². The van der Waals surface area contributed by atoms with E-state index in [1.165, 1.54) is 0 Å². The minimum atomic E-state index is -0.497. The lowest BCUT2D eigenvalue weighted by Crippen LogP contribution is -2.36. The summed E-state index contributed by atoms with van der Waals surface area (Å²) in [4.78, 5) is 11.5.